The molecule has 4 heteroatoms. The van der Waals surface area contributed by atoms with Crippen LogP contribution in [0.2, 0.25) is 0 Å². The zero-order valence-corrected chi connectivity index (χ0v) is 27.2. The number of hydrogen-bond donors (Lipinski definition) is 0. The van der Waals surface area contributed by atoms with Gasteiger partial charge in [-0.2, -0.15) is 0 Å². The molecule has 0 saturated heterocycles. The second kappa shape index (κ2) is 10.9. The lowest BCUT2D eigenvalue weighted by atomic mass is 9.93. The zero-order valence-electron chi connectivity index (χ0n) is 26.4. The highest BCUT2D eigenvalue weighted by molar-refractivity contribution is 7.26. The smallest absolute Gasteiger partial charge is 0.164 e. The molecule has 0 amide bonds. The van der Waals surface area contributed by atoms with E-state index in [2.05, 4.69) is 97.6 Å². The first-order valence-electron chi connectivity index (χ1n) is 16.4. The van der Waals surface area contributed by atoms with Gasteiger partial charge >= 0.3 is 0 Å². The Labute approximate surface area is 287 Å². The Morgan fingerprint density at radius 3 is 1.63 bits per heavy atom. The minimum Gasteiger partial charge on any atom is -0.208 e. The third-order valence-corrected chi connectivity index (χ3v) is 10.9. The third kappa shape index (κ3) is 4.46. The fourth-order valence-electron chi connectivity index (χ4n) is 7.23. The molecule has 9 aromatic rings. The van der Waals surface area contributed by atoms with Gasteiger partial charge in [-0.25, -0.2) is 15.0 Å². The lowest BCUT2D eigenvalue weighted by Gasteiger charge is -2.11. The van der Waals surface area contributed by atoms with Crippen LogP contribution in [0.3, 0.4) is 0 Å². The Morgan fingerprint density at radius 2 is 0.918 bits per heavy atom. The maximum atomic E-state index is 4.98. The van der Waals surface area contributed by atoms with E-state index in [4.69, 9.17) is 15.0 Å². The summed E-state index contributed by atoms with van der Waals surface area (Å²) in [6.07, 6.45) is 0. The molecule has 0 aliphatic heterocycles. The fraction of sp³-hybridized carbons (Fsp3) is 0. The van der Waals surface area contributed by atoms with Gasteiger partial charge in [-0.1, -0.05) is 134 Å². The molecule has 0 fully saturated rings. The highest BCUT2D eigenvalue weighted by Crippen LogP contribution is 2.48. The molecule has 7 aromatic carbocycles. The van der Waals surface area contributed by atoms with Crippen molar-refractivity contribution in [1.29, 1.82) is 0 Å². The Bertz CT molecular complexity index is 2720. The lowest BCUT2D eigenvalue weighted by Crippen LogP contribution is -2.00. The van der Waals surface area contributed by atoms with Gasteiger partial charge in [-0.3, -0.25) is 0 Å². The number of thiophene rings is 1. The molecule has 0 spiro atoms. The van der Waals surface area contributed by atoms with Crippen molar-refractivity contribution < 1.29 is 0 Å². The predicted molar refractivity (Wildman–Crippen MR) is 206 cm³/mol. The minimum absolute atomic E-state index is 0.647. The molecule has 0 atom stereocenters. The van der Waals surface area contributed by atoms with Crippen LogP contribution >= 0.6 is 11.3 Å². The summed E-state index contributed by atoms with van der Waals surface area (Å²) >= 11 is 1.88. The van der Waals surface area contributed by atoms with E-state index in [1.165, 1.54) is 47.6 Å². The van der Waals surface area contributed by atoms with Crippen LogP contribution in [0.1, 0.15) is 11.1 Å². The average molecular weight is 642 g/mol. The standard InChI is InChI=1S/C45H27N3S/c1-27-32-22-21-31(45-47-43(28-12-4-2-5-13-28)46-44(48-45)29-14-6-3-7-15-29)25-39(32)34-23-20-30(24-37(27)34)38-26-40-35-17-10-11-19-41(35)49-42(40)36-18-9-8-16-33(36)38/h2-26H,1H2. The van der Waals surface area contributed by atoms with Crippen LogP contribution in [-0.2, 0) is 0 Å². The molecule has 2 heterocycles. The van der Waals surface area contributed by atoms with Crippen LogP contribution < -0.4 is 0 Å². The van der Waals surface area contributed by atoms with Crippen molar-refractivity contribution >= 4 is 47.9 Å². The molecule has 10 rings (SSSR count). The van der Waals surface area contributed by atoms with E-state index in [1.807, 2.05) is 72.0 Å². The lowest BCUT2D eigenvalue weighted by molar-refractivity contribution is 1.07. The van der Waals surface area contributed by atoms with Crippen molar-refractivity contribution in [2.75, 3.05) is 0 Å². The van der Waals surface area contributed by atoms with E-state index in [0.29, 0.717) is 17.5 Å². The molecule has 0 radical (unpaired) electrons. The molecule has 0 N–H and O–H groups in total. The van der Waals surface area contributed by atoms with Gasteiger partial charge in [0.05, 0.1) is 0 Å². The Hall–Kier alpha value is -6.23. The summed E-state index contributed by atoms with van der Waals surface area (Å²) in [6, 6.07) is 53.4. The number of rotatable bonds is 4. The van der Waals surface area contributed by atoms with Crippen LogP contribution in [0.4, 0.5) is 0 Å². The summed E-state index contributed by atoms with van der Waals surface area (Å²) in [5.74, 6) is 1.96. The van der Waals surface area contributed by atoms with Gasteiger partial charge in [-0.05, 0) is 68.6 Å². The normalized spacial score (nSPS) is 12.1. The molecule has 0 bridgehead atoms. The van der Waals surface area contributed by atoms with E-state index in [9.17, 15) is 0 Å². The van der Waals surface area contributed by atoms with Crippen molar-refractivity contribution in [3.63, 3.8) is 0 Å². The van der Waals surface area contributed by atoms with Crippen molar-refractivity contribution in [3.8, 4) is 56.4 Å². The topological polar surface area (TPSA) is 38.7 Å². The Kier molecular flexibility index (Phi) is 6.20. The second-order valence-corrected chi connectivity index (χ2v) is 13.5. The van der Waals surface area contributed by atoms with Gasteiger partial charge in [0.2, 0.25) is 0 Å². The first-order valence-corrected chi connectivity index (χ1v) is 17.2. The summed E-state index contributed by atoms with van der Waals surface area (Å²) in [7, 11) is 0. The Morgan fingerprint density at radius 1 is 0.367 bits per heavy atom. The molecule has 0 saturated carbocycles. The van der Waals surface area contributed by atoms with Gasteiger partial charge in [0.25, 0.3) is 0 Å². The zero-order chi connectivity index (χ0) is 32.5. The molecule has 1 aliphatic carbocycles. The highest BCUT2D eigenvalue weighted by Gasteiger charge is 2.25. The van der Waals surface area contributed by atoms with Crippen molar-refractivity contribution in [2.45, 2.75) is 0 Å². The summed E-state index contributed by atoms with van der Waals surface area (Å²) in [4.78, 5) is 14.8. The predicted octanol–water partition coefficient (Wildman–Crippen LogP) is 12.1. The van der Waals surface area contributed by atoms with Crippen LogP contribution in [0.5, 0.6) is 0 Å². The van der Waals surface area contributed by atoms with Crippen molar-refractivity contribution in [1.82, 2.24) is 15.0 Å². The van der Waals surface area contributed by atoms with Crippen molar-refractivity contribution in [2.24, 2.45) is 0 Å². The number of hydrogen-bond acceptors (Lipinski definition) is 4. The van der Waals surface area contributed by atoms with Crippen LogP contribution in [0.25, 0.3) is 92.9 Å². The maximum Gasteiger partial charge on any atom is 0.164 e. The van der Waals surface area contributed by atoms with Gasteiger partial charge in [-0.15, -0.1) is 11.3 Å². The second-order valence-electron chi connectivity index (χ2n) is 12.5. The molecule has 49 heavy (non-hydrogen) atoms. The van der Waals surface area contributed by atoms with E-state index in [-0.39, 0.29) is 0 Å². The highest BCUT2D eigenvalue weighted by atomic mass is 32.1. The molecule has 0 unspecified atom stereocenters. The summed E-state index contributed by atoms with van der Waals surface area (Å²) in [5, 5.41) is 5.18. The molecular formula is C45H27N3S. The first-order chi connectivity index (χ1) is 24.2. The van der Waals surface area contributed by atoms with Gasteiger partial charge in [0.15, 0.2) is 17.5 Å². The largest absolute Gasteiger partial charge is 0.208 e. The number of nitrogens with zero attached hydrogens (tertiary/aromatic N) is 3. The first kappa shape index (κ1) is 27.8. The van der Waals surface area contributed by atoms with E-state index >= 15 is 0 Å². The Balaban J connectivity index is 1.11. The number of aromatic nitrogens is 3. The van der Waals surface area contributed by atoms with E-state index < -0.39 is 0 Å². The monoisotopic (exact) mass is 641 g/mol. The molecule has 2 aromatic heterocycles. The SMILES string of the molecule is C=C1c2cc(-c3cc4c5ccccc5sc4c4ccccc34)ccc2-c2cc(-c3nc(-c4ccccc4)nc(-c4ccccc4)n3)ccc21. The number of fused-ring (bicyclic) bond motifs is 8. The summed E-state index contributed by atoms with van der Waals surface area (Å²) in [5.41, 5.74) is 11.0. The van der Waals surface area contributed by atoms with E-state index in [1.54, 1.807) is 0 Å². The summed E-state index contributed by atoms with van der Waals surface area (Å²) in [6.45, 7) is 4.59. The van der Waals surface area contributed by atoms with Crippen LogP contribution in [0, 0.1) is 0 Å². The van der Waals surface area contributed by atoms with Crippen LogP contribution in [0.15, 0.2) is 158 Å². The molecule has 228 valence electrons. The van der Waals surface area contributed by atoms with Gasteiger partial charge in [0.1, 0.15) is 0 Å². The fourth-order valence-corrected chi connectivity index (χ4v) is 8.46. The third-order valence-electron chi connectivity index (χ3n) is 9.63. The maximum absolute atomic E-state index is 4.98. The van der Waals surface area contributed by atoms with Gasteiger partial charge < -0.3 is 0 Å². The minimum atomic E-state index is 0.647. The summed E-state index contributed by atoms with van der Waals surface area (Å²) < 4.78 is 2.66. The molecule has 3 nitrogen and oxygen atoms in total. The average Bonchev–Trinajstić information content (AvgIpc) is 3.69. The van der Waals surface area contributed by atoms with E-state index in [0.717, 1.165) is 39.0 Å². The molecular weight excluding hydrogens is 615 g/mol. The van der Waals surface area contributed by atoms with Crippen molar-refractivity contribution in [3.05, 3.63) is 169 Å². The quantitative estimate of drug-likeness (QED) is 0.192. The van der Waals surface area contributed by atoms with Crippen LogP contribution in [-0.4, -0.2) is 15.0 Å². The molecule has 1 aliphatic rings. The van der Waals surface area contributed by atoms with Gasteiger partial charge in [0, 0.05) is 42.2 Å². The number of benzene rings is 7.